The van der Waals surface area contributed by atoms with Crippen LogP contribution in [0.3, 0.4) is 0 Å². The van der Waals surface area contributed by atoms with Gasteiger partial charge in [0, 0.05) is 12.0 Å². The van der Waals surface area contributed by atoms with Crippen LogP contribution in [0.5, 0.6) is 0 Å². The molecule has 3 rings (SSSR count). The van der Waals surface area contributed by atoms with Crippen molar-refractivity contribution < 1.29 is 5.11 Å². The minimum absolute atomic E-state index is 0.0531. The molecule has 0 bridgehead atoms. The van der Waals surface area contributed by atoms with Crippen molar-refractivity contribution >= 4 is 0 Å². The van der Waals surface area contributed by atoms with Gasteiger partial charge in [0.1, 0.15) is 0 Å². The minimum atomic E-state index is -0.0531. The fourth-order valence-corrected chi connectivity index (χ4v) is 2.02. The Morgan fingerprint density at radius 2 is 2.00 bits per heavy atom. The molecule has 1 aliphatic carbocycles. The van der Waals surface area contributed by atoms with Gasteiger partial charge in [-0.15, -0.1) is 0 Å². The van der Waals surface area contributed by atoms with Gasteiger partial charge < -0.3 is 5.11 Å². The zero-order valence-electron chi connectivity index (χ0n) is 8.14. The van der Waals surface area contributed by atoms with Gasteiger partial charge in [0.25, 0.3) is 0 Å². The lowest BCUT2D eigenvalue weighted by Crippen LogP contribution is -1.96. The number of benzene rings is 1. The molecule has 1 aliphatic rings. The van der Waals surface area contributed by atoms with E-state index in [9.17, 15) is 0 Å². The van der Waals surface area contributed by atoms with E-state index in [1.165, 1.54) is 11.1 Å². The van der Waals surface area contributed by atoms with Crippen LogP contribution >= 0.6 is 0 Å². The van der Waals surface area contributed by atoms with Crippen LogP contribution in [0.15, 0.2) is 30.3 Å². The van der Waals surface area contributed by atoms with Gasteiger partial charge in [-0.25, -0.2) is 0 Å². The average molecular weight is 198 g/mol. The van der Waals surface area contributed by atoms with Crippen LogP contribution in [-0.2, 0) is 13.0 Å². The third kappa shape index (κ3) is 1.24. The van der Waals surface area contributed by atoms with Crippen molar-refractivity contribution in [2.45, 2.75) is 13.0 Å². The Labute approximate surface area is 87.4 Å². The summed E-state index contributed by atoms with van der Waals surface area (Å²) in [4.78, 5) is 0. The summed E-state index contributed by atoms with van der Waals surface area (Å²) < 4.78 is 0. The van der Waals surface area contributed by atoms with Crippen molar-refractivity contribution in [3.05, 3.63) is 47.3 Å². The molecule has 0 aliphatic heterocycles. The third-order valence-electron chi connectivity index (χ3n) is 2.75. The minimum Gasteiger partial charge on any atom is -0.390 e. The fourth-order valence-electron chi connectivity index (χ4n) is 2.02. The lowest BCUT2D eigenvalue weighted by atomic mass is 10.1. The van der Waals surface area contributed by atoms with Gasteiger partial charge in [-0.2, -0.15) is 10.2 Å². The first-order valence-electron chi connectivity index (χ1n) is 4.93. The van der Waals surface area contributed by atoms with Gasteiger partial charge in [0.05, 0.1) is 18.0 Å². The van der Waals surface area contributed by atoms with Crippen molar-refractivity contribution in [2.75, 3.05) is 0 Å². The fraction of sp³-hybridized carbons (Fsp3) is 0.167. The summed E-state index contributed by atoms with van der Waals surface area (Å²) >= 11 is 0. The van der Waals surface area contributed by atoms with Crippen LogP contribution in [0.1, 0.15) is 17.0 Å². The van der Waals surface area contributed by atoms with Crippen molar-refractivity contribution in [2.24, 2.45) is 0 Å². The number of hydrogen-bond acceptors (Lipinski definition) is 3. The molecule has 1 aromatic carbocycles. The van der Waals surface area contributed by atoms with Gasteiger partial charge in [-0.05, 0) is 17.2 Å². The van der Waals surface area contributed by atoms with Crippen LogP contribution in [0.25, 0.3) is 11.1 Å². The summed E-state index contributed by atoms with van der Waals surface area (Å²) in [6.07, 6.45) is 0.851. The third-order valence-corrected chi connectivity index (χ3v) is 2.75. The highest BCUT2D eigenvalue weighted by molar-refractivity contribution is 5.75. The summed E-state index contributed by atoms with van der Waals surface area (Å²) in [7, 11) is 0. The van der Waals surface area contributed by atoms with E-state index < -0.39 is 0 Å². The van der Waals surface area contributed by atoms with Crippen LogP contribution in [0.4, 0.5) is 0 Å². The Hall–Kier alpha value is -1.74. The average Bonchev–Trinajstić information content (AvgIpc) is 2.66. The first kappa shape index (κ1) is 8.56. The van der Waals surface area contributed by atoms with E-state index in [0.717, 1.165) is 17.7 Å². The molecule has 0 fully saturated rings. The van der Waals surface area contributed by atoms with E-state index in [1.807, 2.05) is 18.2 Å². The maximum Gasteiger partial charge on any atom is 0.0891 e. The van der Waals surface area contributed by atoms with E-state index in [-0.39, 0.29) is 6.61 Å². The summed E-state index contributed by atoms with van der Waals surface area (Å²) in [6, 6.07) is 10.2. The highest BCUT2D eigenvalue weighted by atomic mass is 16.3. The van der Waals surface area contributed by atoms with Crippen LogP contribution in [-0.4, -0.2) is 15.3 Å². The van der Waals surface area contributed by atoms with E-state index in [0.29, 0.717) is 5.69 Å². The Balaban J connectivity index is 2.22. The van der Waals surface area contributed by atoms with Gasteiger partial charge in [-0.1, -0.05) is 24.3 Å². The Morgan fingerprint density at radius 3 is 2.87 bits per heavy atom. The summed E-state index contributed by atoms with van der Waals surface area (Å²) in [5, 5.41) is 17.1. The van der Waals surface area contributed by atoms with Crippen LogP contribution in [0.2, 0.25) is 0 Å². The molecular weight excluding hydrogens is 188 g/mol. The molecule has 0 unspecified atom stereocenters. The quantitative estimate of drug-likeness (QED) is 0.645. The maximum atomic E-state index is 9.01. The van der Waals surface area contributed by atoms with E-state index in [4.69, 9.17) is 5.11 Å². The van der Waals surface area contributed by atoms with Gasteiger partial charge >= 0.3 is 0 Å². The van der Waals surface area contributed by atoms with E-state index in [1.54, 1.807) is 0 Å². The zero-order chi connectivity index (χ0) is 10.3. The van der Waals surface area contributed by atoms with Crippen LogP contribution in [0, 0.1) is 0 Å². The largest absolute Gasteiger partial charge is 0.390 e. The highest BCUT2D eigenvalue weighted by Crippen LogP contribution is 2.34. The molecule has 15 heavy (non-hydrogen) atoms. The Morgan fingerprint density at radius 1 is 1.13 bits per heavy atom. The van der Waals surface area contributed by atoms with Crippen molar-refractivity contribution in [3.8, 4) is 11.1 Å². The summed E-state index contributed by atoms with van der Waals surface area (Å²) in [5.41, 5.74) is 5.26. The van der Waals surface area contributed by atoms with Crippen molar-refractivity contribution in [1.29, 1.82) is 0 Å². The molecule has 0 amide bonds. The number of aromatic nitrogens is 2. The number of aliphatic hydroxyl groups excluding tert-OH is 1. The standard InChI is InChI=1S/C12H10N2O/c15-7-9-6-11-10-4-2-1-3-8(10)5-12(11)14-13-9/h1-4,6,15H,5,7H2. The van der Waals surface area contributed by atoms with Gasteiger partial charge in [-0.3, -0.25) is 0 Å². The van der Waals surface area contributed by atoms with E-state index >= 15 is 0 Å². The molecule has 0 saturated heterocycles. The number of fused-ring (bicyclic) bond motifs is 3. The lowest BCUT2D eigenvalue weighted by Gasteiger charge is -2.00. The first-order chi connectivity index (χ1) is 7.38. The highest BCUT2D eigenvalue weighted by Gasteiger charge is 2.19. The molecule has 0 atom stereocenters. The maximum absolute atomic E-state index is 9.01. The number of rotatable bonds is 1. The molecule has 1 N–H and O–H groups in total. The van der Waals surface area contributed by atoms with Crippen LogP contribution < -0.4 is 0 Å². The smallest absolute Gasteiger partial charge is 0.0891 e. The molecule has 0 spiro atoms. The Bertz CT molecular complexity index is 523. The van der Waals surface area contributed by atoms with E-state index in [2.05, 4.69) is 22.3 Å². The van der Waals surface area contributed by atoms with Gasteiger partial charge in [0.2, 0.25) is 0 Å². The second-order valence-corrected chi connectivity index (χ2v) is 3.69. The molecule has 3 heteroatoms. The number of nitrogens with zero attached hydrogens (tertiary/aromatic N) is 2. The summed E-state index contributed by atoms with van der Waals surface area (Å²) in [6.45, 7) is -0.0531. The molecule has 3 nitrogen and oxygen atoms in total. The monoisotopic (exact) mass is 198 g/mol. The molecule has 0 radical (unpaired) electrons. The number of hydrogen-bond donors (Lipinski definition) is 1. The Kier molecular flexibility index (Phi) is 1.79. The second kappa shape index (κ2) is 3.14. The van der Waals surface area contributed by atoms with Crippen molar-refractivity contribution in [1.82, 2.24) is 10.2 Å². The summed E-state index contributed by atoms with van der Waals surface area (Å²) in [5.74, 6) is 0. The molecule has 1 aromatic heterocycles. The first-order valence-corrected chi connectivity index (χ1v) is 4.93. The molecule has 2 aromatic rings. The predicted molar refractivity (Wildman–Crippen MR) is 56.2 cm³/mol. The topological polar surface area (TPSA) is 46.0 Å². The molecule has 0 saturated carbocycles. The SMILES string of the molecule is OCc1cc2c(nn1)Cc1ccccc1-2. The molecule has 74 valence electrons. The predicted octanol–water partition coefficient (Wildman–Crippen LogP) is 1.54. The zero-order valence-corrected chi connectivity index (χ0v) is 8.14. The molecule has 1 heterocycles. The second-order valence-electron chi connectivity index (χ2n) is 3.69. The molecular formula is C12H10N2O. The number of aliphatic hydroxyl groups is 1. The lowest BCUT2D eigenvalue weighted by molar-refractivity contribution is 0.275. The van der Waals surface area contributed by atoms with Crippen molar-refractivity contribution in [3.63, 3.8) is 0 Å². The van der Waals surface area contributed by atoms with Gasteiger partial charge in [0.15, 0.2) is 0 Å². The normalized spacial score (nSPS) is 12.3.